The number of aliphatic hydroxyl groups excluding tert-OH is 1. The number of nitrogens with two attached hydrogens (primary N) is 1. The lowest BCUT2D eigenvalue weighted by Gasteiger charge is -2.19. The fraction of sp³-hybridized carbons (Fsp3) is 0.286. The van der Waals surface area contributed by atoms with E-state index in [9.17, 15) is 14.5 Å². The van der Waals surface area contributed by atoms with Gasteiger partial charge in [0.05, 0.1) is 19.5 Å². The van der Waals surface area contributed by atoms with Crippen LogP contribution < -0.4 is 11.3 Å². The van der Waals surface area contributed by atoms with Crippen LogP contribution in [-0.4, -0.2) is 50.8 Å². The summed E-state index contributed by atoms with van der Waals surface area (Å²) in [5.41, 5.74) is 6.40. The lowest BCUT2D eigenvalue weighted by Crippen LogP contribution is -2.13. The summed E-state index contributed by atoms with van der Waals surface area (Å²) in [5, 5.41) is 9.38. The number of nitrogens with zero attached hydrogens (tertiary/aromatic N) is 3. The Morgan fingerprint density at radius 2 is 1.91 bits per heavy atom. The highest BCUT2D eigenvalue weighted by molar-refractivity contribution is 7.53. The number of fused-ring (bicyclic) bond motifs is 1. The Hall–Kier alpha value is -3.48. The van der Waals surface area contributed by atoms with Crippen LogP contribution in [0.1, 0.15) is 5.56 Å². The first kappa shape index (κ1) is 24.6. The van der Waals surface area contributed by atoms with E-state index in [1.54, 1.807) is 4.57 Å². The molecule has 4 rings (SSSR count). The molecule has 35 heavy (non-hydrogen) atoms. The quantitative estimate of drug-likeness (QED) is 0.242. The second-order valence-electron chi connectivity index (χ2n) is 7.32. The Kier molecular flexibility index (Phi) is 7.63. The molecule has 3 heterocycles. The minimum atomic E-state index is -3.78. The maximum atomic E-state index is 13.4. The third kappa shape index (κ3) is 6.15. The largest absolute Gasteiger partial charge is 0.425 e. The minimum absolute atomic E-state index is 0.0234. The topological polar surface area (TPSA) is 173 Å². The molecule has 13 nitrogen and oxygen atoms in total. The molecule has 0 bridgehead atoms. The molecule has 1 aliphatic heterocycles. The monoisotopic (exact) mass is 505 g/mol. The maximum absolute atomic E-state index is 13.4. The Labute approximate surface area is 199 Å². The number of rotatable bonds is 12. The lowest BCUT2D eigenvalue weighted by atomic mass is 10.2. The van der Waals surface area contributed by atoms with Crippen molar-refractivity contribution < 1.29 is 32.9 Å². The van der Waals surface area contributed by atoms with Crippen molar-refractivity contribution in [3.63, 3.8) is 0 Å². The summed E-state index contributed by atoms with van der Waals surface area (Å²) >= 11 is 0. The van der Waals surface area contributed by atoms with Crippen molar-refractivity contribution in [2.75, 3.05) is 31.9 Å². The van der Waals surface area contributed by atoms with Gasteiger partial charge in [-0.3, -0.25) is 18.9 Å². The molecule has 0 fully saturated rings. The Bertz CT molecular complexity index is 1340. The Morgan fingerprint density at radius 1 is 1.17 bits per heavy atom. The van der Waals surface area contributed by atoms with E-state index in [0.29, 0.717) is 5.65 Å². The third-order valence-electron chi connectivity index (χ3n) is 4.81. The van der Waals surface area contributed by atoms with E-state index in [4.69, 9.17) is 29.0 Å². The Balaban J connectivity index is 1.39. The van der Waals surface area contributed by atoms with E-state index in [1.807, 2.05) is 30.3 Å². The van der Waals surface area contributed by atoms with Crippen LogP contribution in [0.15, 0.2) is 65.5 Å². The van der Waals surface area contributed by atoms with Crippen LogP contribution in [0.3, 0.4) is 0 Å². The van der Waals surface area contributed by atoms with E-state index in [2.05, 4.69) is 21.5 Å². The van der Waals surface area contributed by atoms with Gasteiger partial charge in [0.1, 0.15) is 19.6 Å². The van der Waals surface area contributed by atoms with Crippen molar-refractivity contribution in [3.05, 3.63) is 76.6 Å². The zero-order valence-electron chi connectivity index (χ0n) is 18.6. The number of hydrogen-bond donors (Lipinski definition) is 3. The van der Waals surface area contributed by atoms with Gasteiger partial charge >= 0.3 is 7.60 Å². The first-order valence-electron chi connectivity index (χ1n) is 10.4. The summed E-state index contributed by atoms with van der Waals surface area (Å²) < 4.78 is 42.2. The Morgan fingerprint density at radius 3 is 2.69 bits per heavy atom. The van der Waals surface area contributed by atoms with Gasteiger partial charge in [-0.05, 0) is 12.1 Å². The van der Waals surface area contributed by atoms with E-state index in [-0.39, 0.29) is 61.6 Å². The average molecular weight is 505 g/mol. The molecule has 4 N–H and O–H groups in total. The van der Waals surface area contributed by atoms with Crippen molar-refractivity contribution in [3.8, 4) is 0 Å². The normalized spacial score (nSPS) is 15.3. The fourth-order valence-electron chi connectivity index (χ4n) is 3.13. The van der Waals surface area contributed by atoms with E-state index >= 15 is 0 Å². The van der Waals surface area contributed by atoms with Crippen molar-refractivity contribution in [1.82, 2.24) is 19.5 Å². The molecule has 1 atom stereocenters. The van der Waals surface area contributed by atoms with E-state index in [1.165, 1.54) is 6.33 Å². The summed E-state index contributed by atoms with van der Waals surface area (Å²) in [6, 6.07) is 9.15. The lowest BCUT2D eigenvalue weighted by molar-refractivity contribution is 0.114. The van der Waals surface area contributed by atoms with Gasteiger partial charge in [0.2, 0.25) is 5.95 Å². The van der Waals surface area contributed by atoms with Gasteiger partial charge in [-0.2, -0.15) is 4.98 Å². The first-order chi connectivity index (χ1) is 16.9. The van der Waals surface area contributed by atoms with Crippen molar-refractivity contribution in [2.24, 2.45) is 0 Å². The van der Waals surface area contributed by atoms with E-state index in [0.717, 1.165) is 5.56 Å². The molecule has 0 saturated heterocycles. The molecule has 0 aliphatic carbocycles. The van der Waals surface area contributed by atoms with Crippen LogP contribution in [-0.2, 0) is 41.0 Å². The second-order valence-corrected chi connectivity index (χ2v) is 9.32. The second kappa shape index (κ2) is 10.8. The molecule has 1 aromatic carbocycles. The van der Waals surface area contributed by atoms with Gasteiger partial charge in [0.15, 0.2) is 22.7 Å². The predicted molar refractivity (Wildman–Crippen MR) is 124 cm³/mol. The highest BCUT2D eigenvalue weighted by atomic mass is 31.2. The summed E-state index contributed by atoms with van der Waals surface area (Å²) in [6.07, 6.45) is 1.07. The number of nitrogens with one attached hydrogen (secondary N) is 1. The summed E-state index contributed by atoms with van der Waals surface area (Å²) in [5.74, 6) is 0.193. The average Bonchev–Trinajstić information content (AvgIpc) is 3.43. The third-order valence-corrected chi connectivity index (χ3v) is 6.35. The number of aromatic nitrogens is 4. The van der Waals surface area contributed by atoms with Crippen LogP contribution in [0.25, 0.3) is 11.2 Å². The standard InChI is InChI=1S/C21H24N5O8P/c1-14-33-16(9-27)17(34-14)11-32-35(29,31-10-15-5-3-2-4-6-15)13-30-8-7-26-12-23-18-19(26)24-21(22)25-20(18)28/h2-6,12,27H,1,7-11,13H2,(H3,22,24,25,28). The molecule has 0 spiro atoms. The smallest absolute Gasteiger partial charge is 0.356 e. The molecule has 1 aliphatic rings. The van der Waals surface area contributed by atoms with Crippen molar-refractivity contribution >= 4 is 24.7 Å². The van der Waals surface area contributed by atoms with Crippen molar-refractivity contribution in [2.45, 2.75) is 13.2 Å². The van der Waals surface area contributed by atoms with Gasteiger partial charge < -0.3 is 34.1 Å². The number of aromatic amines is 1. The van der Waals surface area contributed by atoms with Crippen LogP contribution in [0.4, 0.5) is 5.95 Å². The molecule has 3 aromatic rings. The van der Waals surface area contributed by atoms with Gasteiger partial charge in [-0.15, -0.1) is 0 Å². The zero-order chi connectivity index (χ0) is 24.8. The van der Waals surface area contributed by atoms with Crippen LogP contribution in [0, 0.1) is 0 Å². The molecule has 186 valence electrons. The predicted octanol–water partition coefficient (Wildman–Crippen LogP) is 1.82. The van der Waals surface area contributed by atoms with Gasteiger partial charge in [-0.25, -0.2) is 4.98 Å². The number of benzene rings is 1. The molecule has 0 amide bonds. The number of ether oxygens (including phenoxy) is 3. The number of aliphatic hydroxyl groups is 1. The zero-order valence-corrected chi connectivity index (χ0v) is 19.5. The van der Waals surface area contributed by atoms with Gasteiger partial charge in [0.25, 0.3) is 11.5 Å². The van der Waals surface area contributed by atoms with Gasteiger partial charge in [-0.1, -0.05) is 30.3 Å². The summed E-state index contributed by atoms with van der Waals surface area (Å²) in [6.45, 7) is 3.15. The van der Waals surface area contributed by atoms with Crippen LogP contribution >= 0.6 is 7.60 Å². The van der Waals surface area contributed by atoms with Crippen LogP contribution in [0.5, 0.6) is 0 Å². The molecule has 1 unspecified atom stereocenters. The van der Waals surface area contributed by atoms with E-state index < -0.39 is 19.8 Å². The molecule has 0 saturated carbocycles. The molecule has 0 radical (unpaired) electrons. The maximum Gasteiger partial charge on any atom is 0.356 e. The highest BCUT2D eigenvalue weighted by Gasteiger charge is 2.29. The highest BCUT2D eigenvalue weighted by Crippen LogP contribution is 2.49. The number of hydrogen-bond acceptors (Lipinski definition) is 11. The molecular weight excluding hydrogens is 481 g/mol. The fourth-order valence-corrected chi connectivity index (χ4v) is 4.37. The number of anilines is 1. The number of nitrogen functional groups attached to an aromatic ring is 1. The number of imidazole rings is 1. The molecular formula is C21H24N5O8P. The first-order valence-corrected chi connectivity index (χ1v) is 12.2. The van der Waals surface area contributed by atoms with Crippen LogP contribution in [0.2, 0.25) is 0 Å². The SMILES string of the molecule is C=C1OC(CO)=C(COP(=O)(COCCn2cnc3c(=O)[nH]c(N)nc32)OCc2ccccc2)O1. The summed E-state index contributed by atoms with van der Waals surface area (Å²) in [7, 11) is -3.78. The minimum Gasteiger partial charge on any atom is -0.425 e. The number of H-pyrrole nitrogens is 1. The molecule has 2 aromatic heterocycles. The van der Waals surface area contributed by atoms with Gasteiger partial charge in [0, 0.05) is 6.54 Å². The summed E-state index contributed by atoms with van der Waals surface area (Å²) in [4.78, 5) is 22.4. The van der Waals surface area contributed by atoms with Crippen molar-refractivity contribution in [1.29, 1.82) is 0 Å². The molecule has 14 heteroatoms.